The number of ether oxygens (including phenoxy) is 1. The zero-order valence-corrected chi connectivity index (χ0v) is 31.9. The summed E-state index contributed by atoms with van der Waals surface area (Å²) < 4.78 is 9.15. The SMILES string of the molecule is Cc1cccc(C)c1N1C=C(c2cc(Oc3ccc4c5ccccc5n(-c5cc([Si](C)(C)C)ccn5)c4c3)cc(C(C)(C)C)c2)N2C=CC=CC21. The van der Waals surface area contributed by atoms with Gasteiger partial charge >= 0.3 is 0 Å². The van der Waals surface area contributed by atoms with E-state index in [-0.39, 0.29) is 11.6 Å². The number of hydrogen-bond donors (Lipinski definition) is 0. The molecule has 1 unspecified atom stereocenters. The zero-order chi connectivity index (χ0) is 35.7. The van der Waals surface area contributed by atoms with Crippen molar-refractivity contribution in [2.75, 3.05) is 4.90 Å². The van der Waals surface area contributed by atoms with Crippen molar-refractivity contribution in [3.63, 3.8) is 0 Å². The van der Waals surface area contributed by atoms with Crippen LogP contribution in [0.25, 0.3) is 33.3 Å². The highest BCUT2D eigenvalue weighted by Crippen LogP contribution is 2.42. The molecule has 6 aromatic rings. The van der Waals surface area contributed by atoms with Crippen LogP contribution in [0.4, 0.5) is 5.69 Å². The number of hydrogen-bond acceptors (Lipinski definition) is 4. The summed E-state index contributed by atoms with van der Waals surface area (Å²) in [4.78, 5) is 9.66. The smallest absolute Gasteiger partial charge is 0.137 e. The molecule has 2 aliphatic rings. The number of benzene rings is 4. The van der Waals surface area contributed by atoms with Gasteiger partial charge in [0.05, 0.1) is 24.8 Å². The number of fused-ring (bicyclic) bond motifs is 4. The third-order valence-corrected chi connectivity index (χ3v) is 12.3. The predicted molar refractivity (Wildman–Crippen MR) is 217 cm³/mol. The summed E-state index contributed by atoms with van der Waals surface area (Å²) in [5.41, 5.74) is 9.40. The van der Waals surface area contributed by atoms with E-state index in [2.05, 4.69) is 190 Å². The molecule has 0 saturated heterocycles. The predicted octanol–water partition coefficient (Wildman–Crippen LogP) is 11.0. The number of aromatic nitrogens is 2. The molecule has 0 radical (unpaired) electrons. The number of nitrogens with zero attached hydrogens (tertiary/aromatic N) is 4. The van der Waals surface area contributed by atoms with Crippen LogP contribution in [0.2, 0.25) is 19.6 Å². The number of aryl methyl sites for hydroxylation is 2. The molecule has 8 rings (SSSR count). The van der Waals surface area contributed by atoms with Crippen molar-refractivity contribution >= 4 is 46.5 Å². The lowest BCUT2D eigenvalue weighted by Crippen LogP contribution is -2.37. The summed E-state index contributed by atoms with van der Waals surface area (Å²) in [7, 11) is -1.55. The maximum atomic E-state index is 6.85. The maximum absolute atomic E-state index is 6.85. The molecule has 2 aliphatic heterocycles. The summed E-state index contributed by atoms with van der Waals surface area (Å²) in [5.74, 6) is 2.55. The van der Waals surface area contributed by atoms with Crippen molar-refractivity contribution in [2.24, 2.45) is 0 Å². The molecule has 2 aromatic heterocycles. The standard InChI is InChI=1S/C45H46N4OSi/c1-30-14-13-15-31(2)44(30)48-29-41(47-23-12-11-18-43(47)48)32-24-33(45(3,4)5)26-35(25-32)50-34-19-20-38-37-16-9-10-17-39(37)49(40(38)27-34)42-28-36(21-22-46-42)51(6,7)8/h9-29,43H,1-8H3. The van der Waals surface area contributed by atoms with Gasteiger partial charge in [-0.05, 0) is 96.6 Å². The second-order valence-corrected chi connectivity index (χ2v) is 21.1. The van der Waals surface area contributed by atoms with Crippen molar-refractivity contribution in [3.05, 3.63) is 150 Å². The Kier molecular flexibility index (Phi) is 7.84. The molecule has 6 heteroatoms. The highest BCUT2D eigenvalue weighted by Gasteiger charge is 2.34. The first-order valence-corrected chi connectivity index (χ1v) is 21.4. The topological polar surface area (TPSA) is 33.5 Å². The van der Waals surface area contributed by atoms with Crippen LogP contribution < -0.4 is 14.8 Å². The Labute approximate surface area is 302 Å². The fraction of sp³-hybridized carbons (Fsp3) is 0.222. The average molecular weight is 687 g/mol. The number of rotatable bonds is 6. The fourth-order valence-corrected chi connectivity index (χ4v) is 8.62. The van der Waals surface area contributed by atoms with Gasteiger partial charge in [-0.3, -0.25) is 4.57 Å². The van der Waals surface area contributed by atoms with Gasteiger partial charge in [0.25, 0.3) is 0 Å². The Morgan fingerprint density at radius 3 is 2.25 bits per heavy atom. The van der Waals surface area contributed by atoms with Crippen LogP contribution in [-0.2, 0) is 5.41 Å². The van der Waals surface area contributed by atoms with Gasteiger partial charge in [0.2, 0.25) is 0 Å². The molecule has 5 nitrogen and oxygen atoms in total. The number of allylic oxidation sites excluding steroid dienone is 2. The molecule has 4 heterocycles. The second kappa shape index (κ2) is 12.2. The minimum Gasteiger partial charge on any atom is -0.457 e. The minimum absolute atomic E-state index is 0.0600. The molecule has 0 fully saturated rings. The van der Waals surface area contributed by atoms with E-state index in [4.69, 9.17) is 9.72 Å². The van der Waals surface area contributed by atoms with Crippen LogP contribution in [0.1, 0.15) is 43.0 Å². The Balaban J connectivity index is 1.24. The van der Waals surface area contributed by atoms with Crippen molar-refractivity contribution in [1.29, 1.82) is 0 Å². The van der Waals surface area contributed by atoms with E-state index in [1.165, 1.54) is 38.3 Å². The van der Waals surface area contributed by atoms with Gasteiger partial charge in [-0.25, -0.2) is 4.98 Å². The van der Waals surface area contributed by atoms with E-state index in [1.807, 2.05) is 6.20 Å². The number of pyridine rings is 1. The molecule has 256 valence electrons. The molecule has 51 heavy (non-hydrogen) atoms. The van der Waals surface area contributed by atoms with E-state index in [0.717, 1.165) is 39.6 Å². The molecule has 1 atom stereocenters. The molecule has 0 bridgehead atoms. The van der Waals surface area contributed by atoms with Crippen LogP contribution in [0.3, 0.4) is 0 Å². The lowest BCUT2D eigenvalue weighted by atomic mass is 9.85. The van der Waals surface area contributed by atoms with Crippen LogP contribution >= 0.6 is 0 Å². The largest absolute Gasteiger partial charge is 0.457 e. The third kappa shape index (κ3) is 5.87. The molecule has 0 N–H and O–H groups in total. The highest BCUT2D eigenvalue weighted by molar-refractivity contribution is 6.88. The zero-order valence-electron chi connectivity index (χ0n) is 30.9. The molecular weight excluding hydrogens is 641 g/mol. The minimum atomic E-state index is -1.55. The normalized spacial score (nSPS) is 15.9. The van der Waals surface area contributed by atoms with Crippen LogP contribution in [-0.4, -0.2) is 28.7 Å². The van der Waals surface area contributed by atoms with Gasteiger partial charge in [0.15, 0.2) is 0 Å². The van der Waals surface area contributed by atoms with E-state index in [9.17, 15) is 0 Å². The van der Waals surface area contributed by atoms with E-state index in [0.29, 0.717) is 0 Å². The van der Waals surface area contributed by atoms with E-state index < -0.39 is 8.07 Å². The van der Waals surface area contributed by atoms with E-state index in [1.54, 1.807) is 0 Å². The van der Waals surface area contributed by atoms with Crippen molar-refractivity contribution < 1.29 is 4.74 Å². The summed E-state index contributed by atoms with van der Waals surface area (Å²) in [6, 6.07) is 32.8. The lowest BCUT2D eigenvalue weighted by molar-refractivity contribution is 0.468. The molecule has 0 saturated carbocycles. The van der Waals surface area contributed by atoms with Crippen LogP contribution in [0.15, 0.2) is 128 Å². The van der Waals surface area contributed by atoms with Crippen LogP contribution in [0.5, 0.6) is 11.5 Å². The molecule has 0 spiro atoms. The molecule has 0 amide bonds. The van der Waals surface area contributed by atoms with Gasteiger partial charge in [-0.2, -0.15) is 0 Å². The Morgan fingerprint density at radius 2 is 1.49 bits per heavy atom. The lowest BCUT2D eigenvalue weighted by Gasteiger charge is -2.33. The quantitative estimate of drug-likeness (QED) is 0.163. The first-order chi connectivity index (χ1) is 24.4. The number of anilines is 1. The monoisotopic (exact) mass is 686 g/mol. The van der Waals surface area contributed by atoms with Gasteiger partial charge in [-0.1, -0.05) is 88.1 Å². The Hall–Kier alpha value is -5.33. The molecular formula is C45H46N4OSi. The van der Waals surface area contributed by atoms with Crippen molar-refractivity contribution in [1.82, 2.24) is 14.5 Å². The first kappa shape index (κ1) is 32.8. The van der Waals surface area contributed by atoms with Crippen molar-refractivity contribution in [3.8, 4) is 17.3 Å². The van der Waals surface area contributed by atoms with Gasteiger partial charge < -0.3 is 14.5 Å². The van der Waals surface area contributed by atoms with E-state index >= 15 is 0 Å². The highest BCUT2D eigenvalue weighted by atomic mass is 28.3. The fourth-order valence-electron chi connectivity index (χ4n) is 7.49. The molecule has 4 aromatic carbocycles. The summed E-state index contributed by atoms with van der Waals surface area (Å²) in [6.45, 7) is 18.3. The van der Waals surface area contributed by atoms with Crippen LogP contribution in [0, 0.1) is 13.8 Å². The Morgan fingerprint density at radius 1 is 0.725 bits per heavy atom. The van der Waals surface area contributed by atoms with Gasteiger partial charge in [-0.15, -0.1) is 0 Å². The summed E-state index contributed by atoms with van der Waals surface area (Å²) in [5, 5.41) is 3.77. The second-order valence-electron chi connectivity index (χ2n) is 16.0. The average Bonchev–Trinajstić information content (AvgIpc) is 3.63. The van der Waals surface area contributed by atoms with Gasteiger partial charge in [0.1, 0.15) is 23.5 Å². The third-order valence-electron chi connectivity index (χ3n) is 10.2. The van der Waals surface area contributed by atoms with Crippen molar-refractivity contribution in [2.45, 2.75) is 65.8 Å². The summed E-state index contributed by atoms with van der Waals surface area (Å²) in [6.07, 6.45) is 13.0. The Bertz CT molecular complexity index is 2400. The maximum Gasteiger partial charge on any atom is 0.137 e. The van der Waals surface area contributed by atoms with Gasteiger partial charge in [0, 0.05) is 46.7 Å². The first-order valence-electron chi connectivity index (χ1n) is 17.9. The number of para-hydroxylation sites is 2. The molecule has 0 aliphatic carbocycles. The summed E-state index contributed by atoms with van der Waals surface area (Å²) >= 11 is 0.